The lowest BCUT2D eigenvalue weighted by molar-refractivity contribution is -0.116. The molecule has 1 saturated carbocycles. The van der Waals surface area contributed by atoms with Crippen molar-refractivity contribution in [1.82, 2.24) is 4.98 Å². The van der Waals surface area contributed by atoms with Crippen molar-refractivity contribution >= 4 is 22.5 Å². The van der Waals surface area contributed by atoms with Crippen molar-refractivity contribution < 1.29 is 4.79 Å². The van der Waals surface area contributed by atoms with E-state index in [1.807, 2.05) is 30.3 Å². The third kappa shape index (κ3) is 2.35. The van der Waals surface area contributed by atoms with Gasteiger partial charge in [-0.3, -0.25) is 9.78 Å². The number of nitrogens with one attached hydrogen (secondary N) is 1. The van der Waals surface area contributed by atoms with Crippen molar-refractivity contribution in [3.63, 3.8) is 0 Å². The molecule has 0 radical (unpaired) electrons. The van der Waals surface area contributed by atoms with Gasteiger partial charge >= 0.3 is 0 Å². The molecule has 0 spiro atoms. The molecule has 3 aliphatic rings. The number of rotatable bonds is 3. The van der Waals surface area contributed by atoms with Crippen LogP contribution < -0.4 is 5.32 Å². The fraction of sp³-hybridized carbons (Fsp3) is 0.400. The number of anilines is 1. The minimum Gasteiger partial charge on any atom is -0.325 e. The Morgan fingerprint density at radius 2 is 2.13 bits per heavy atom. The number of carbonyl (C=O) groups is 1. The van der Waals surface area contributed by atoms with Gasteiger partial charge in [0.15, 0.2) is 0 Å². The van der Waals surface area contributed by atoms with Crippen LogP contribution in [0.15, 0.2) is 48.2 Å². The number of amides is 1. The molecule has 1 amide bonds. The molecule has 2 aromatic rings. The van der Waals surface area contributed by atoms with E-state index in [9.17, 15) is 4.79 Å². The van der Waals surface area contributed by atoms with Gasteiger partial charge in [0.05, 0.1) is 11.2 Å². The van der Waals surface area contributed by atoms with Crippen LogP contribution in [0.25, 0.3) is 10.9 Å². The summed E-state index contributed by atoms with van der Waals surface area (Å²) < 4.78 is 0. The van der Waals surface area contributed by atoms with Crippen LogP contribution in [0.5, 0.6) is 0 Å². The first-order valence-corrected chi connectivity index (χ1v) is 8.38. The molecule has 2 bridgehead atoms. The highest BCUT2D eigenvalue weighted by molar-refractivity contribution is 6.01. The van der Waals surface area contributed by atoms with E-state index in [1.54, 1.807) is 6.20 Å². The van der Waals surface area contributed by atoms with E-state index >= 15 is 0 Å². The van der Waals surface area contributed by atoms with Crippen LogP contribution in [-0.2, 0) is 4.79 Å². The fourth-order valence-corrected chi connectivity index (χ4v) is 4.26. The van der Waals surface area contributed by atoms with Crippen LogP contribution >= 0.6 is 0 Å². The van der Waals surface area contributed by atoms with Gasteiger partial charge in [0.1, 0.15) is 0 Å². The van der Waals surface area contributed by atoms with Crippen molar-refractivity contribution in [3.8, 4) is 0 Å². The molecule has 0 aliphatic heterocycles. The lowest BCUT2D eigenvalue weighted by Crippen LogP contribution is -2.48. The molecule has 2 atom stereocenters. The summed E-state index contributed by atoms with van der Waals surface area (Å²) in [6, 6.07) is 9.77. The monoisotopic (exact) mass is 306 g/mol. The average molecular weight is 306 g/mol. The number of benzene rings is 1. The van der Waals surface area contributed by atoms with Crippen LogP contribution in [0.1, 0.15) is 33.1 Å². The van der Waals surface area contributed by atoms with Crippen LogP contribution in [0, 0.1) is 17.3 Å². The van der Waals surface area contributed by atoms with Gasteiger partial charge in [-0.05, 0) is 42.2 Å². The summed E-state index contributed by atoms with van der Waals surface area (Å²) in [7, 11) is 0. The van der Waals surface area contributed by atoms with Crippen LogP contribution in [-0.4, -0.2) is 10.9 Å². The maximum absolute atomic E-state index is 12.5. The predicted molar refractivity (Wildman–Crippen MR) is 93.1 cm³/mol. The molecule has 23 heavy (non-hydrogen) atoms. The molecule has 1 aromatic heterocycles. The zero-order valence-corrected chi connectivity index (χ0v) is 13.7. The van der Waals surface area contributed by atoms with Gasteiger partial charge in [-0.25, -0.2) is 0 Å². The quantitative estimate of drug-likeness (QED) is 0.845. The standard InChI is InChI=1S/C20H22N2O/c1-20(2)14-8-7-13(16(20)12-14)11-19(23)22-18-9-10-21-17-6-4-3-5-15(17)18/h3-7,9-10,14,16H,8,11-12H2,1-2H3,(H,21,22,23)/t14?,16-/m0/s1. The zero-order valence-electron chi connectivity index (χ0n) is 13.7. The van der Waals surface area contributed by atoms with E-state index < -0.39 is 0 Å². The van der Waals surface area contributed by atoms with Crippen LogP contribution in [0.2, 0.25) is 0 Å². The third-order valence-corrected chi connectivity index (χ3v) is 5.87. The Kier molecular flexibility index (Phi) is 3.26. The summed E-state index contributed by atoms with van der Waals surface area (Å²) in [5.41, 5.74) is 3.45. The molecule has 1 heterocycles. The molecular formula is C20H22N2O. The lowest BCUT2D eigenvalue weighted by Gasteiger charge is -2.56. The first kappa shape index (κ1) is 14.4. The topological polar surface area (TPSA) is 42.0 Å². The summed E-state index contributed by atoms with van der Waals surface area (Å²) in [5, 5.41) is 4.07. The van der Waals surface area contributed by atoms with Crippen molar-refractivity contribution in [2.45, 2.75) is 33.1 Å². The number of aromatic nitrogens is 1. The molecule has 5 rings (SSSR count). The van der Waals surface area contributed by atoms with E-state index in [2.05, 4.69) is 30.2 Å². The molecule has 3 heteroatoms. The van der Waals surface area contributed by atoms with Gasteiger partial charge in [-0.15, -0.1) is 0 Å². The second kappa shape index (κ2) is 5.19. The Morgan fingerprint density at radius 1 is 1.30 bits per heavy atom. The molecule has 1 fully saturated rings. The third-order valence-electron chi connectivity index (χ3n) is 5.87. The second-order valence-electron chi connectivity index (χ2n) is 7.42. The van der Waals surface area contributed by atoms with Crippen molar-refractivity contribution in [3.05, 3.63) is 48.2 Å². The molecule has 1 unspecified atom stereocenters. The molecule has 118 valence electrons. The molecule has 1 N–H and O–H groups in total. The van der Waals surface area contributed by atoms with E-state index in [0.717, 1.165) is 28.9 Å². The van der Waals surface area contributed by atoms with Gasteiger partial charge < -0.3 is 5.32 Å². The van der Waals surface area contributed by atoms with Gasteiger partial charge in [0, 0.05) is 18.0 Å². The van der Waals surface area contributed by atoms with E-state index in [-0.39, 0.29) is 5.91 Å². The summed E-state index contributed by atoms with van der Waals surface area (Å²) in [6.07, 6.45) is 6.94. The Hall–Kier alpha value is -2.16. The number of allylic oxidation sites excluding steroid dienone is 1. The average Bonchev–Trinajstić information content (AvgIpc) is 2.55. The fourth-order valence-electron chi connectivity index (χ4n) is 4.26. The molecule has 0 saturated heterocycles. The van der Waals surface area contributed by atoms with Crippen molar-refractivity contribution in [1.29, 1.82) is 0 Å². The van der Waals surface area contributed by atoms with Crippen LogP contribution in [0.3, 0.4) is 0 Å². The van der Waals surface area contributed by atoms with Gasteiger partial charge in [-0.1, -0.05) is 43.7 Å². The number of pyridine rings is 1. The first-order chi connectivity index (χ1) is 11.1. The van der Waals surface area contributed by atoms with E-state index in [4.69, 9.17) is 0 Å². The highest BCUT2D eigenvalue weighted by Gasteiger charge is 2.51. The summed E-state index contributed by atoms with van der Waals surface area (Å²) in [4.78, 5) is 16.9. The highest BCUT2D eigenvalue weighted by Crippen LogP contribution is 2.59. The number of para-hydroxylation sites is 1. The minimum absolute atomic E-state index is 0.0775. The number of carbonyl (C=O) groups excluding carboxylic acids is 1. The molecular weight excluding hydrogens is 284 g/mol. The summed E-state index contributed by atoms with van der Waals surface area (Å²) in [6.45, 7) is 4.68. The second-order valence-corrected chi connectivity index (χ2v) is 7.42. The zero-order chi connectivity index (χ0) is 16.0. The highest BCUT2D eigenvalue weighted by atomic mass is 16.1. The Bertz CT molecular complexity index is 801. The lowest BCUT2D eigenvalue weighted by atomic mass is 9.48. The maximum atomic E-state index is 12.5. The number of fused-ring (bicyclic) bond motifs is 2. The number of hydrogen-bond donors (Lipinski definition) is 1. The van der Waals surface area contributed by atoms with Gasteiger partial charge in [0.2, 0.25) is 5.91 Å². The van der Waals surface area contributed by atoms with E-state index in [1.165, 1.54) is 12.0 Å². The molecule has 3 nitrogen and oxygen atoms in total. The smallest absolute Gasteiger partial charge is 0.228 e. The number of nitrogens with zero attached hydrogens (tertiary/aromatic N) is 1. The Balaban J connectivity index is 1.51. The van der Waals surface area contributed by atoms with E-state index in [0.29, 0.717) is 17.8 Å². The van der Waals surface area contributed by atoms with Gasteiger partial charge in [0.25, 0.3) is 0 Å². The van der Waals surface area contributed by atoms with Crippen molar-refractivity contribution in [2.24, 2.45) is 17.3 Å². The normalized spacial score (nSPS) is 24.7. The maximum Gasteiger partial charge on any atom is 0.228 e. The molecule has 3 aliphatic carbocycles. The SMILES string of the molecule is CC1(C)C2CC=C(CC(=O)Nc3ccnc4ccccc34)[C@@H]1C2. The predicted octanol–water partition coefficient (Wildman–Crippen LogP) is 4.56. The van der Waals surface area contributed by atoms with Crippen LogP contribution in [0.4, 0.5) is 5.69 Å². The summed E-state index contributed by atoms with van der Waals surface area (Å²) >= 11 is 0. The summed E-state index contributed by atoms with van der Waals surface area (Å²) in [5.74, 6) is 1.47. The minimum atomic E-state index is 0.0775. The first-order valence-electron chi connectivity index (χ1n) is 8.38. The van der Waals surface area contributed by atoms with Gasteiger partial charge in [-0.2, -0.15) is 0 Å². The molecule has 1 aromatic carbocycles. The Morgan fingerprint density at radius 3 is 2.91 bits per heavy atom. The largest absolute Gasteiger partial charge is 0.325 e. The number of hydrogen-bond acceptors (Lipinski definition) is 2. The van der Waals surface area contributed by atoms with Crippen molar-refractivity contribution in [2.75, 3.05) is 5.32 Å². The Labute approximate surface area is 136 Å².